The Kier molecular flexibility index (Phi) is 9.37. The molecule has 10 nitrogen and oxygen atoms in total. The fraction of sp³-hybridized carbons (Fsp3) is 0.250. The normalized spacial score (nSPS) is 13.4. The largest absolute Gasteiger partial charge is 0.497 e. The highest BCUT2D eigenvalue weighted by Gasteiger charge is 2.21. The zero-order valence-corrected chi connectivity index (χ0v) is 23.6. The molecule has 2 amide bonds. The van der Waals surface area contributed by atoms with Crippen molar-refractivity contribution in [3.8, 4) is 5.75 Å². The molecule has 0 bridgehead atoms. The molecule has 1 saturated heterocycles. The van der Waals surface area contributed by atoms with Crippen LogP contribution in [0.4, 0.5) is 11.6 Å². The summed E-state index contributed by atoms with van der Waals surface area (Å²) in [5.74, 6) is 0.919. The van der Waals surface area contributed by atoms with Gasteiger partial charge in [0.2, 0.25) is 5.95 Å². The van der Waals surface area contributed by atoms with E-state index >= 15 is 0 Å². The molecular formula is C32H35N7O3. The second-order valence-corrected chi connectivity index (χ2v) is 10.1. The van der Waals surface area contributed by atoms with Gasteiger partial charge in [-0.15, -0.1) is 0 Å². The summed E-state index contributed by atoms with van der Waals surface area (Å²) < 4.78 is 5.22. The molecule has 5 rings (SSSR count). The quantitative estimate of drug-likeness (QED) is 0.267. The monoisotopic (exact) mass is 565 g/mol. The van der Waals surface area contributed by atoms with Crippen molar-refractivity contribution in [1.29, 1.82) is 0 Å². The molecule has 3 aromatic carbocycles. The number of nitrogens with one attached hydrogen (secondary N) is 2. The summed E-state index contributed by atoms with van der Waals surface area (Å²) in [5.41, 5.74) is 10.2. The molecule has 10 heteroatoms. The molecule has 4 N–H and O–H groups in total. The number of hydrogen-bond donors (Lipinski definition) is 3. The third kappa shape index (κ3) is 7.28. The molecule has 1 aliphatic heterocycles. The zero-order valence-electron chi connectivity index (χ0n) is 23.6. The maximum absolute atomic E-state index is 13.2. The Hall–Kier alpha value is -4.80. The van der Waals surface area contributed by atoms with Crippen LogP contribution >= 0.6 is 0 Å². The van der Waals surface area contributed by atoms with E-state index in [1.807, 2.05) is 36.4 Å². The molecule has 0 aliphatic carbocycles. The Bertz CT molecular complexity index is 1490. The number of anilines is 2. The average molecular weight is 566 g/mol. The lowest BCUT2D eigenvalue weighted by molar-refractivity contribution is 0.0949. The number of nitrogens with two attached hydrogens (primary N) is 1. The molecule has 1 aromatic heterocycles. The minimum Gasteiger partial charge on any atom is -0.497 e. The first kappa shape index (κ1) is 28.7. The first-order valence-electron chi connectivity index (χ1n) is 13.9. The minimum absolute atomic E-state index is 0.221. The topological polar surface area (TPSA) is 126 Å². The van der Waals surface area contributed by atoms with Gasteiger partial charge in [0.05, 0.1) is 7.11 Å². The highest BCUT2D eigenvalue weighted by molar-refractivity contribution is 6.05. The number of nitrogens with zero attached hydrogens (tertiary/aromatic N) is 4. The number of hydrogen-bond acceptors (Lipinski definition) is 8. The highest BCUT2D eigenvalue weighted by Crippen LogP contribution is 2.23. The molecule has 0 unspecified atom stereocenters. The molecule has 216 valence electrons. The smallest absolute Gasteiger partial charge is 0.255 e. The molecular weight excluding hydrogens is 530 g/mol. The van der Waals surface area contributed by atoms with Gasteiger partial charge in [-0.1, -0.05) is 30.3 Å². The SMILES string of the molecule is COc1ccc(C(=O)Nc2cc(C(=O)NCc3ccc(CN)cc3)ccc2CN2CCN(c3ncccn3)CC2)cc1. The van der Waals surface area contributed by atoms with E-state index in [0.29, 0.717) is 42.2 Å². The second kappa shape index (κ2) is 13.7. The molecule has 0 radical (unpaired) electrons. The Morgan fingerprint density at radius 2 is 1.52 bits per heavy atom. The number of methoxy groups -OCH3 is 1. The summed E-state index contributed by atoms with van der Waals surface area (Å²) >= 11 is 0. The van der Waals surface area contributed by atoms with Crippen LogP contribution in [-0.2, 0) is 19.6 Å². The number of rotatable bonds is 10. The predicted octanol–water partition coefficient (Wildman–Crippen LogP) is 3.45. The van der Waals surface area contributed by atoms with Gasteiger partial charge in [-0.2, -0.15) is 0 Å². The maximum atomic E-state index is 13.2. The minimum atomic E-state index is -0.262. The number of benzene rings is 3. The number of carbonyl (C=O) groups excluding carboxylic acids is 2. The summed E-state index contributed by atoms with van der Waals surface area (Å²) in [4.78, 5) is 39.5. The fourth-order valence-corrected chi connectivity index (χ4v) is 4.79. The summed E-state index contributed by atoms with van der Waals surface area (Å²) in [6.07, 6.45) is 3.50. The summed E-state index contributed by atoms with van der Waals surface area (Å²) in [5, 5.41) is 6.02. The van der Waals surface area contributed by atoms with Crippen molar-refractivity contribution in [2.24, 2.45) is 5.73 Å². The van der Waals surface area contributed by atoms with Gasteiger partial charge in [0, 0.05) is 75.0 Å². The predicted molar refractivity (Wildman–Crippen MR) is 162 cm³/mol. The van der Waals surface area contributed by atoms with E-state index in [1.165, 1.54) is 0 Å². The molecule has 0 atom stereocenters. The van der Waals surface area contributed by atoms with Crippen molar-refractivity contribution < 1.29 is 14.3 Å². The van der Waals surface area contributed by atoms with E-state index in [4.69, 9.17) is 10.5 Å². The summed E-state index contributed by atoms with van der Waals surface area (Å²) in [7, 11) is 1.58. The van der Waals surface area contributed by atoms with Crippen LogP contribution in [-0.4, -0.2) is 60.0 Å². The first-order valence-corrected chi connectivity index (χ1v) is 13.9. The van der Waals surface area contributed by atoms with E-state index in [1.54, 1.807) is 55.9 Å². The first-order chi connectivity index (χ1) is 20.5. The lowest BCUT2D eigenvalue weighted by Crippen LogP contribution is -2.46. The van der Waals surface area contributed by atoms with Gasteiger partial charge >= 0.3 is 0 Å². The number of aromatic nitrogens is 2. The standard InChI is InChI=1S/C32H35N7O3/c1-42-28-11-9-25(10-12-28)31(41)37-29-19-26(30(40)36-21-24-5-3-23(20-33)4-6-24)7-8-27(29)22-38-15-17-39(18-16-38)32-34-13-2-14-35-32/h2-14,19H,15-18,20-22,33H2,1H3,(H,36,40)(H,37,41). The van der Waals surface area contributed by atoms with Crippen LogP contribution in [0.25, 0.3) is 0 Å². The van der Waals surface area contributed by atoms with Gasteiger partial charge in [0.1, 0.15) is 5.75 Å². The average Bonchev–Trinajstić information content (AvgIpc) is 3.05. The van der Waals surface area contributed by atoms with Crippen molar-refractivity contribution in [3.05, 3.63) is 113 Å². The molecule has 1 fully saturated rings. The van der Waals surface area contributed by atoms with Crippen molar-refractivity contribution in [1.82, 2.24) is 20.2 Å². The van der Waals surface area contributed by atoms with Crippen LogP contribution in [0.3, 0.4) is 0 Å². The van der Waals surface area contributed by atoms with Gasteiger partial charge in [0.15, 0.2) is 0 Å². The lowest BCUT2D eigenvalue weighted by Gasteiger charge is -2.35. The molecule has 2 heterocycles. The number of amides is 2. The van der Waals surface area contributed by atoms with Crippen LogP contribution in [0.1, 0.15) is 37.4 Å². The Morgan fingerprint density at radius 3 is 2.19 bits per heavy atom. The summed E-state index contributed by atoms with van der Waals surface area (Å²) in [6.45, 7) is 4.70. The van der Waals surface area contributed by atoms with Gasteiger partial charge in [-0.05, 0) is 59.2 Å². The third-order valence-electron chi connectivity index (χ3n) is 7.29. The van der Waals surface area contributed by atoms with Gasteiger partial charge in [-0.25, -0.2) is 9.97 Å². The van der Waals surface area contributed by atoms with E-state index in [-0.39, 0.29) is 11.8 Å². The van der Waals surface area contributed by atoms with Gasteiger partial charge < -0.3 is 26.0 Å². The van der Waals surface area contributed by atoms with E-state index in [9.17, 15) is 9.59 Å². The molecule has 0 spiro atoms. The highest BCUT2D eigenvalue weighted by atomic mass is 16.5. The zero-order chi connectivity index (χ0) is 29.3. The van der Waals surface area contributed by atoms with Crippen LogP contribution in [0.5, 0.6) is 5.75 Å². The molecule has 1 aliphatic rings. The molecule has 42 heavy (non-hydrogen) atoms. The molecule has 4 aromatic rings. The van der Waals surface area contributed by atoms with Crippen molar-refractivity contribution in [2.75, 3.05) is 43.5 Å². The molecule has 0 saturated carbocycles. The second-order valence-electron chi connectivity index (χ2n) is 10.1. The van der Waals surface area contributed by atoms with Gasteiger partial charge in [0.25, 0.3) is 11.8 Å². The lowest BCUT2D eigenvalue weighted by atomic mass is 10.1. The van der Waals surface area contributed by atoms with Crippen molar-refractivity contribution in [3.63, 3.8) is 0 Å². The van der Waals surface area contributed by atoms with Crippen molar-refractivity contribution >= 4 is 23.5 Å². The van der Waals surface area contributed by atoms with Crippen molar-refractivity contribution in [2.45, 2.75) is 19.6 Å². The van der Waals surface area contributed by atoms with Gasteiger partial charge in [-0.3, -0.25) is 14.5 Å². The third-order valence-corrected chi connectivity index (χ3v) is 7.29. The number of piperazine rings is 1. The van der Waals surface area contributed by atoms with E-state index < -0.39 is 0 Å². The van der Waals surface area contributed by atoms with Crippen LogP contribution in [0.2, 0.25) is 0 Å². The Balaban J connectivity index is 1.30. The number of ether oxygens (including phenoxy) is 1. The van der Waals surface area contributed by atoms with E-state index in [0.717, 1.165) is 48.8 Å². The maximum Gasteiger partial charge on any atom is 0.255 e. The van der Waals surface area contributed by atoms with Crippen LogP contribution < -0.4 is 26.0 Å². The van der Waals surface area contributed by atoms with Crippen LogP contribution in [0, 0.1) is 0 Å². The fourth-order valence-electron chi connectivity index (χ4n) is 4.79. The summed E-state index contributed by atoms with van der Waals surface area (Å²) in [6, 6.07) is 22.0. The van der Waals surface area contributed by atoms with E-state index in [2.05, 4.69) is 30.4 Å². The Morgan fingerprint density at radius 1 is 0.857 bits per heavy atom. The number of carbonyl (C=O) groups is 2. The Labute approximate surface area is 245 Å². The van der Waals surface area contributed by atoms with Crippen LogP contribution in [0.15, 0.2) is 85.2 Å².